The lowest BCUT2D eigenvalue weighted by Gasteiger charge is -2.37. The van der Waals surface area contributed by atoms with E-state index >= 15 is 0 Å². The van der Waals surface area contributed by atoms with Crippen LogP contribution in [0.5, 0.6) is 0 Å². The van der Waals surface area contributed by atoms with Crippen LogP contribution in [-0.2, 0) is 16.1 Å². The molecule has 8 nitrogen and oxygen atoms in total. The lowest BCUT2D eigenvalue weighted by atomic mass is 9.80. The number of ether oxygens (including phenoxy) is 1. The Morgan fingerprint density at radius 2 is 1.97 bits per heavy atom. The zero-order valence-corrected chi connectivity index (χ0v) is 17.9. The summed E-state index contributed by atoms with van der Waals surface area (Å²) in [6.45, 7) is 2.39. The maximum absolute atomic E-state index is 14.4. The van der Waals surface area contributed by atoms with Crippen molar-refractivity contribution in [3.8, 4) is 0 Å². The summed E-state index contributed by atoms with van der Waals surface area (Å²) >= 11 is 0. The number of nitrogens with one attached hydrogen (secondary N) is 1. The van der Waals surface area contributed by atoms with Crippen LogP contribution in [0.3, 0.4) is 0 Å². The molecule has 1 aliphatic rings. The molecule has 170 valence electrons. The van der Waals surface area contributed by atoms with Gasteiger partial charge in [-0.2, -0.15) is 0 Å². The van der Waals surface area contributed by atoms with Crippen molar-refractivity contribution in [2.75, 3.05) is 25.1 Å². The molecule has 10 heteroatoms. The first kappa shape index (κ1) is 23.2. The normalized spacial score (nSPS) is 16.0. The number of piperidine rings is 1. The highest BCUT2D eigenvalue weighted by Gasteiger charge is 2.37. The highest BCUT2D eigenvalue weighted by Crippen LogP contribution is 2.33. The van der Waals surface area contributed by atoms with Crippen LogP contribution in [0.2, 0.25) is 0 Å². The predicted octanol–water partition coefficient (Wildman–Crippen LogP) is 3.45. The molecule has 0 atom stereocenters. The van der Waals surface area contributed by atoms with Gasteiger partial charge in [0.1, 0.15) is 5.82 Å². The number of rotatable bonds is 7. The van der Waals surface area contributed by atoms with E-state index in [9.17, 15) is 18.7 Å². The number of carbonyl (C=O) groups is 1. The molecule has 1 aromatic heterocycles. The average molecular weight is 445 g/mol. The van der Waals surface area contributed by atoms with Crippen molar-refractivity contribution >= 4 is 23.4 Å². The molecule has 0 saturated carbocycles. The lowest BCUT2D eigenvalue weighted by Crippen LogP contribution is -2.43. The van der Waals surface area contributed by atoms with E-state index in [0.717, 1.165) is 6.20 Å². The van der Waals surface area contributed by atoms with Gasteiger partial charge in [-0.25, -0.2) is 18.7 Å². The molecule has 0 spiro atoms. The first-order valence-electron chi connectivity index (χ1n) is 10.1. The Morgan fingerprint density at radius 3 is 2.59 bits per heavy atom. The standard InChI is InChI=1S/C22H25F2N5O3/c1-22(21(30)31)7-9-29(10-8-22)20-16(24)13-27-19(28-20)17(25)11-18(32-2)26-12-14-5-3-4-6-15(14)23/h3-6,13,25H,7-12H2,1-2H3,(H,30,31). The number of aromatic nitrogens is 2. The Bertz CT molecular complexity index is 1040. The molecule has 0 amide bonds. The third kappa shape index (κ3) is 5.24. The summed E-state index contributed by atoms with van der Waals surface area (Å²) in [5, 5.41) is 17.7. The maximum Gasteiger partial charge on any atom is 0.309 e. The van der Waals surface area contributed by atoms with Gasteiger partial charge in [0.2, 0.25) is 0 Å². The van der Waals surface area contributed by atoms with E-state index in [-0.39, 0.29) is 42.0 Å². The van der Waals surface area contributed by atoms with Crippen molar-refractivity contribution in [3.05, 3.63) is 53.5 Å². The van der Waals surface area contributed by atoms with Gasteiger partial charge in [0.15, 0.2) is 23.4 Å². The second-order valence-corrected chi connectivity index (χ2v) is 7.88. The fourth-order valence-electron chi connectivity index (χ4n) is 3.37. The summed E-state index contributed by atoms with van der Waals surface area (Å²) in [7, 11) is 1.40. The molecule has 0 unspecified atom stereocenters. The summed E-state index contributed by atoms with van der Waals surface area (Å²) in [4.78, 5) is 25.4. The van der Waals surface area contributed by atoms with Crippen molar-refractivity contribution < 1.29 is 23.4 Å². The van der Waals surface area contributed by atoms with Gasteiger partial charge in [0.25, 0.3) is 0 Å². The van der Waals surface area contributed by atoms with Gasteiger partial charge in [-0.15, -0.1) is 0 Å². The summed E-state index contributed by atoms with van der Waals surface area (Å²) in [5.41, 5.74) is -0.488. The van der Waals surface area contributed by atoms with E-state index in [1.807, 2.05) is 0 Å². The van der Waals surface area contributed by atoms with Crippen LogP contribution in [0.25, 0.3) is 0 Å². The van der Waals surface area contributed by atoms with Gasteiger partial charge in [0, 0.05) is 18.7 Å². The molecule has 2 N–H and O–H groups in total. The fourth-order valence-corrected chi connectivity index (χ4v) is 3.37. The highest BCUT2D eigenvalue weighted by molar-refractivity contribution is 6.07. The number of carboxylic acid groups (broad SMARTS) is 1. The zero-order chi connectivity index (χ0) is 23.3. The minimum Gasteiger partial charge on any atom is -0.484 e. The quantitative estimate of drug-likeness (QED) is 0.499. The largest absolute Gasteiger partial charge is 0.484 e. The zero-order valence-electron chi connectivity index (χ0n) is 17.9. The van der Waals surface area contributed by atoms with Gasteiger partial charge < -0.3 is 20.2 Å². The summed E-state index contributed by atoms with van der Waals surface area (Å²) in [5.74, 6) is -1.64. The second-order valence-electron chi connectivity index (χ2n) is 7.88. The van der Waals surface area contributed by atoms with Crippen LogP contribution < -0.4 is 4.90 Å². The van der Waals surface area contributed by atoms with Crippen LogP contribution in [0.1, 0.15) is 37.6 Å². The predicted molar refractivity (Wildman–Crippen MR) is 115 cm³/mol. The number of hydrogen-bond donors (Lipinski definition) is 2. The Hall–Kier alpha value is -3.43. The van der Waals surface area contributed by atoms with Crippen LogP contribution in [0.15, 0.2) is 35.5 Å². The Labute approximate surface area is 184 Å². The number of aliphatic carboxylic acids is 1. The van der Waals surface area contributed by atoms with E-state index in [1.165, 1.54) is 13.2 Å². The number of benzene rings is 1. The molecule has 3 rings (SSSR count). The molecule has 32 heavy (non-hydrogen) atoms. The number of hydrogen-bond acceptors (Lipinski definition) is 7. The number of anilines is 1. The fraction of sp³-hybridized carbons (Fsp3) is 0.409. The lowest BCUT2D eigenvalue weighted by molar-refractivity contribution is -0.149. The average Bonchev–Trinajstić information content (AvgIpc) is 2.78. The number of aliphatic imine (C=N–C) groups is 1. The van der Waals surface area contributed by atoms with Crippen molar-refractivity contribution in [1.29, 1.82) is 5.41 Å². The smallest absolute Gasteiger partial charge is 0.309 e. The van der Waals surface area contributed by atoms with Gasteiger partial charge in [-0.05, 0) is 25.8 Å². The molecule has 1 fully saturated rings. The summed E-state index contributed by atoms with van der Waals surface area (Å²) < 4.78 is 33.4. The third-order valence-electron chi connectivity index (χ3n) is 5.63. The molecular formula is C22H25F2N5O3. The van der Waals surface area contributed by atoms with Crippen LogP contribution in [0, 0.1) is 22.5 Å². The monoisotopic (exact) mass is 445 g/mol. The van der Waals surface area contributed by atoms with Gasteiger partial charge in [-0.1, -0.05) is 18.2 Å². The van der Waals surface area contributed by atoms with E-state index in [0.29, 0.717) is 31.5 Å². The molecule has 0 bridgehead atoms. The Balaban J connectivity index is 1.71. The van der Waals surface area contributed by atoms with E-state index in [1.54, 1.807) is 30.0 Å². The number of methoxy groups -OCH3 is 1. The first-order valence-corrected chi connectivity index (χ1v) is 10.1. The molecule has 0 aliphatic carbocycles. The van der Waals surface area contributed by atoms with E-state index < -0.39 is 17.2 Å². The molecule has 2 aromatic rings. The van der Waals surface area contributed by atoms with Gasteiger partial charge >= 0.3 is 5.97 Å². The Kier molecular flexibility index (Phi) is 7.12. The van der Waals surface area contributed by atoms with Crippen LogP contribution in [0.4, 0.5) is 14.6 Å². The third-order valence-corrected chi connectivity index (χ3v) is 5.63. The minimum absolute atomic E-state index is 0.0172. The van der Waals surface area contributed by atoms with Crippen molar-refractivity contribution in [3.63, 3.8) is 0 Å². The van der Waals surface area contributed by atoms with Crippen LogP contribution in [-0.4, -0.2) is 52.9 Å². The molecule has 1 aliphatic heterocycles. The van der Waals surface area contributed by atoms with Crippen molar-refractivity contribution in [1.82, 2.24) is 9.97 Å². The summed E-state index contributed by atoms with van der Waals surface area (Å²) in [6.07, 6.45) is 1.66. The van der Waals surface area contributed by atoms with E-state index in [4.69, 9.17) is 10.1 Å². The molecule has 2 heterocycles. The number of halogens is 2. The van der Waals surface area contributed by atoms with Gasteiger partial charge in [0.05, 0.1) is 37.4 Å². The van der Waals surface area contributed by atoms with Crippen LogP contribution >= 0.6 is 0 Å². The first-order chi connectivity index (χ1) is 15.2. The summed E-state index contributed by atoms with van der Waals surface area (Å²) in [6, 6.07) is 6.24. The van der Waals surface area contributed by atoms with Crippen molar-refractivity contribution in [2.24, 2.45) is 10.4 Å². The van der Waals surface area contributed by atoms with E-state index in [2.05, 4.69) is 15.0 Å². The van der Waals surface area contributed by atoms with Gasteiger partial charge in [-0.3, -0.25) is 9.79 Å². The topological polar surface area (TPSA) is 112 Å². The maximum atomic E-state index is 14.4. The molecule has 1 aromatic carbocycles. The number of carboxylic acids is 1. The second kappa shape index (κ2) is 9.80. The minimum atomic E-state index is -0.871. The highest BCUT2D eigenvalue weighted by atomic mass is 19.1. The number of nitrogens with zero attached hydrogens (tertiary/aromatic N) is 4. The molecular weight excluding hydrogens is 420 g/mol. The molecule has 1 saturated heterocycles. The SMILES string of the molecule is COC(CC(=N)c1ncc(F)c(N2CCC(C)(C(=O)O)CC2)n1)=NCc1ccccc1F. The molecule has 0 radical (unpaired) electrons. The van der Waals surface area contributed by atoms with Crippen molar-refractivity contribution in [2.45, 2.75) is 32.7 Å². The Morgan fingerprint density at radius 1 is 1.28 bits per heavy atom.